The maximum Gasteiger partial charge on any atom is 0.265 e. The zero-order chi connectivity index (χ0) is 20.5. The van der Waals surface area contributed by atoms with Gasteiger partial charge in [-0.3, -0.25) is 9.48 Å². The summed E-state index contributed by atoms with van der Waals surface area (Å²) in [5.74, 6) is -0.163. The smallest absolute Gasteiger partial charge is 0.265 e. The molecule has 0 unspecified atom stereocenters. The number of amides is 1. The van der Waals surface area contributed by atoms with Crippen molar-refractivity contribution in [2.24, 2.45) is 0 Å². The van der Waals surface area contributed by atoms with Crippen LogP contribution in [0.5, 0.6) is 0 Å². The average molecular weight is 429 g/mol. The van der Waals surface area contributed by atoms with Gasteiger partial charge in [0, 0.05) is 18.1 Å². The lowest BCUT2D eigenvalue weighted by Gasteiger charge is -2.08. The topological polar surface area (TPSA) is 68.0 Å². The van der Waals surface area contributed by atoms with Crippen LogP contribution in [0.3, 0.4) is 0 Å². The van der Waals surface area contributed by atoms with Crippen LogP contribution < -0.4 is 5.32 Å². The van der Waals surface area contributed by atoms with Gasteiger partial charge in [0.2, 0.25) is 0 Å². The molecular weight excluding hydrogens is 408 g/mol. The van der Waals surface area contributed by atoms with Crippen LogP contribution >= 0.6 is 22.9 Å². The van der Waals surface area contributed by atoms with Crippen LogP contribution in [0.1, 0.15) is 15.4 Å². The highest BCUT2D eigenvalue weighted by atomic mass is 35.5. The van der Waals surface area contributed by atoms with Crippen LogP contribution in [-0.4, -0.2) is 51.0 Å². The summed E-state index contributed by atoms with van der Waals surface area (Å²) in [5.41, 5.74) is 2.32. The first-order valence-electron chi connectivity index (χ1n) is 9.15. The first-order chi connectivity index (χ1) is 13.9. The molecule has 0 saturated carbocycles. The Morgan fingerprint density at radius 1 is 1.31 bits per heavy atom. The Morgan fingerprint density at radius 3 is 2.86 bits per heavy atom. The number of halogens is 1. The zero-order valence-electron chi connectivity index (χ0n) is 16.4. The SMILES string of the molecule is Cc1nn(-c2ccccc2Cl)c2sc(C(=O)Nc3cnn(CCN(C)C)c3)cc12. The first-order valence-corrected chi connectivity index (χ1v) is 10.3. The fraction of sp³-hybridized carbons (Fsp3) is 0.250. The van der Waals surface area contributed by atoms with Crippen molar-refractivity contribution in [2.45, 2.75) is 13.5 Å². The third kappa shape index (κ3) is 4.05. The molecule has 0 spiro atoms. The number of aromatic nitrogens is 4. The van der Waals surface area contributed by atoms with E-state index in [1.807, 2.05) is 62.2 Å². The molecule has 1 N–H and O–H groups in total. The molecule has 3 aromatic heterocycles. The first kappa shape index (κ1) is 19.6. The van der Waals surface area contributed by atoms with Crippen molar-refractivity contribution in [2.75, 3.05) is 26.0 Å². The number of likely N-dealkylation sites (N-methyl/N-ethyl adjacent to an activating group) is 1. The molecule has 9 heteroatoms. The summed E-state index contributed by atoms with van der Waals surface area (Å²) in [6.07, 6.45) is 3.50. The van der Waals surface area contributed by atoms with E-state index in [4.69, 9.17) is 11.6 Å². The van der Waals surface area contributed by atoms with Gasteiger partial charge in [0.25, 0.3) is 5.91 Å². The molecule has 0 radical (unpaired) electrons. The minimum Gasteiger partial charge on any atom is -0.319 e. The third-order valence-electron chi connectivity index (χ3n) is 4.52. The van der Waals surface area contributed by atoms with Crippen molar-refractivity contribution in [3.63, 3.8) is 0 Å². The number of anilines is 1. The zero-order valence-corrected chi connectivity index (χ0v) is 18.0. The van der Waals surface area contributed by atoms with E-state index in [0.717, 1.165) is 34.7 Å². The molecule has 4 aromatic rings. The molecule has 150 valence electrons. The Labute approximate surface area is 177 Å². The summed E-state index contributed by atoms with van der Waals surface area (Å²) in [6.45, 7) is 3.57. The maximum absolute atomic E-state index is 12.8. The number of para-hydroxylation sites is 1. The number of carbonyl (C=O) groups excluding carboxylic acids is 1. The molecule has 3 heterocycles. The lowest BCUT2D eigenvalue weighted by Crippen LogP contribution is -2.18. The van der Waals surface area contributed by atoms with Gasteiger partial charge in [-0.15, -0.1) is 11.3 Å². The molecule has 0 aliphatic rings. The van der Waals surface area contributed by atoms with Crippen molar-refractivity contribution >= 4 is 44.7 Å². The van der Waals surface area contributed by atoms with Crippen molar-refractivity contribution in [1.82, 2.24) is 24.5 Å². The van der Waals surface area contributed by atoms with Gasteiger partial charge in [-0.25, -0.2) is 4.68 Å². The second-order valence-corrected chi connectivity index (χ2v) is 8.47. The van der Waals surface area contributed by atoms with Crippen LogP contribution in [0.4, 0.5) is 5.69 Å². The van der Waals surface area contributed by atoms with Crippen molar-refractivity contribution in [3.05, 3.63) is 58.3 Å². The van der Waals surface area contributed by atoms with Gasteiger partial charge in [0.05, 0.1) is 39.7 Å². The van der Waals surface area contributed by atoms with E-state index in [1.54, 1.807) is 10.9 Å². The summed E-state index contributed by atoms with van der Waals surface area (Å²) in [5, 5.41) is 13.4. The molecule has 0 atom stereocenters. The Kier molecular flexibility index (Phi) is 5.40. The summed E-state index contributed by atoms with van der Waals surface area (Å²) >= 11 is 7.74. The highest BCUT2D eigenvalue weighted by molar-refractivity contribution is 7.20. The molecule has 0 aliphatic heterocycles. The van der Waals surface area contributed by atoms with E-state index in [1.165, 1.54) is 11.3 Å². The highest BCUT2D eigenvalue weighted by Gasteiger charge is 2.18. The number of aryl methyl sites for hydroxylation is 1. The normalized spacial score (nSPS) is 11.5. The molecule has 0 saturated heterocycles. The summed E-state index contributed by atoms with van der Waals surface area (Å²) in [6, 6.07) is 9.41. The second kappa shape index (κ2) is 7.98. The van der Waals surface area contributed by atoms with E-state index < -0.39 is 0 Å². The van der Waals surface area contributed by atoms with E-state index in [0.29, 0.717) is 15.6 Å². The number of fused-ring (bicyclic) bond motifs is 1. The van der Waals surface area contributed by atoms with Crippen LogP contribution in [0, 0.1) is 6.92 Å². The van der Waals surface area contributed by atoms with E-state index >= 15 is 0 Å². The number of nitrogens with one attached hydrogen (secondary N) is 1. The van der Waals surface area contributed by atoms with Crippen LogP contribution in [0.2, 0.25) is 5.02 Å². The fourth-order valence-corrected chi connectivity index (χ4v) is 4.28. The molecular formula is C20H21ClN6OS. The van der Waals surface area contributed by atoms with Gasteiger partial charge in [-0.05, 0) is 39.2 Å². The molecule has 29 heavy (non-hydrogen) atoms. The van der Waals surface area contributed by atoms with Gasteiger partial charge in [-0.1, -0.05) is 23.7 Å². The Balaban J connectivity index is 1.58. The predicted octanol–water partition coefficient (Wildman–Crippen LogP) is 4.06. The van der Waals surface area contributed by atoms with Crippen LogP contribution in [0.25, 0.3) is 15.9 Å². The standard InChI is InChI=1S/C20H21ClN6OS/c1-13-15-10-18(19(28)23-14-11-22-26(12-14)9-8-25(2)3)29-20(15)27(24-13)17-7-5-4-6-16(17)21/h4-7,10-12H,8-9H2,1-3H3,(H,23,28). The number of benzene rings is 1. The molecule has 0 fully saturated rings. The van der Waals surface area contributed by atoms with E-state index in [9.17, 15) is 4.79 Å². The lowest BCUT2D eigenvalue weighted by atomic mass is 10.3. The van der Waals surface area contributed by atoms with Gasteiger partial charge in [-0.2, -0.15) is 10.2 Å². The number of hydrogen-bond acceptors (Lipinski definition) is 5. The minimum absolute atomic E-state index is 0.163. The summed E-state index contributed by atoms with van der Waals surface area (Å²) < 4.78 is 3.62. The maximum atomic E-state index is 12.8. The van der Waals surface area contributed by atoms with Crippen molar-refractivity contribution < 1.29 is 4.79 Å². The largest absolute Gasteiger partial charge is 0.319 e. The lowest BCUT2D eigenvalue weighted by molar-refractivity contribution is 0.103. The van der Waals surface area contributed by atoms with E-state index in [2.05, 4.69) is 20.4 Å². The predicted molar refractivity (Wildman–Crippen MR) is 117 cm³/mol. The molecule has 0 bridgehead atoms. The third-order valence-corrected chi connectivity index (χ3v) is 5.95. The fourth-order valence-electron chi connectivity index (χ4n) is 2.99. The highest BCUT2D eigenvalue weighted by Crippen LogP contribution is 2.32. The summed E-state index contributed by atoms with van der Waals surface area (Å²) in [7, 11) is 4.03. The van der Waals surface area contributed by atoms with Crippen LogP contribution in [0.15, 0.2) is 42.7 Å². The number of nitrogens with zero attached hydrogens (tertiary/aromatic N) is 5. The van der Waals surface area contributed by atoms with Crippen molar-refractivity contribution in [1.29, 1.82) is 0 Å². The van der Waals surface area contributed by atoms with Crippen molar-refractivity contribution in [3.8, 4) is 5.69 Å². The molecule has 4 rings (SSSR count). The quantitative estimate of drug-likeness (QED) is 0.503. The van der Waals surface area contributed by atoms with Crippen LogP contribution in [-0.2, 0) is 6.54 Å². The van der Waals surface area contributed by atoms with Gasteiger partial charge >= 0.3 is 0 Å². The van der Waals surface area contributed by atoms with Gasteiger partial charge in [0.1, 0.15) is 4.83 Å². The Hall–Kier alpha value is -2.68. The summed E-state index contributed by atoms with van der Waals surface area (Å²) in [4.78, 5) is 16.4. The monoisotopic (exact) mass is 428 g/mol. The van der Waals surface area contributed by atoms with Gasteiger partial charge in [0.15, 0.2) is 0 Å². The van der Waals surface area contributed by atoms with E-state index in [-0.39, 0.29) is 5.91 Å². The minimum atomic E-state index is -0.163. The average Bonchev–Trinajstić information content (AvgIpc) is 3.38. The number of rotatable bonds is 6. The second-order valence-electron chi connectivity index (χ2n) is 7.03. The number of thiophene rings is 1. The Morgan fingerprint density at radius 2 is 2.10 bits per heavy atom. The molecule has 1 amide bonds. The molecule has 1 aromatic carbocycles. The number of carbonyl (C=O) groups is 1. The number of hydrogen-bond donors (Lipinski definition) is 1. The van der Waals surface area contributed by atoms with Gasteiger partial charge < -0.3 is 10.2 Å². The molecule has 7 nitrogen and oxygen atoms in total. The Bertz CT molecular complexity index is 1180. The molecule has 0 aliphatic carbocycles.